The number of aliphatic hydroxyl groups is 1. The zero-order chi connectivity index (χ0) is 28.1. The van der Waals surface area contributed by atoms with Gasteiger partial charge in [-0.15, -0.1) is 0 Å². The van der Waals surface area contributed by atoms with Gasteiger partial charge in [-0.25, -0.2) is 0 Å². The third-order valence-corrected chi connectivity index (χ3v) is 7.05. The number of likely N-dealkylation sites (tertiary alicyclic amines) is 1. The molecule has 8 heteroatoms. The summed E-state index contributed by atoms with van der Waals surface area (Å²) >= 11 is 0. The predicted molar refractivity (Wildman–Crippen MR) is 150 cm³/mol. The number of carbonyl (C=O) groups is 2. The fraction of sp³-hybridized carbons (Fsp3) is 0.484. The number of fused-ring (bicyclic) bond motifs is 1. The third-order valence-electron chi connectivity index (χ3n) is 7.05. The molecule has 8 nitrogen and oxygen atoms in total. The lowest BCUT2D eigenvalue weighted by atomic mass is 9.94. The van der Waals surface area contributed by atoms with Crippen molar-refractivity contribution in [2.24, 2.45) is 0 Å². The normalized spacial score (nSPS) is 19.9. The van der Waals surface area contributed by atoms with Crippen LogP contribution in [-0.2, 0) is 16.0 Å². The van der Waals surface area contributed by atoms with E-state index < -0.39 is 17.7 Å². The summed E-state index contributed by atoms with van der Waals surface area (Å²) in [6.07, 6.45) is 3.38. The summed E-state index contributed by atoms with van der Waals surface area (Å²) in [5, 5.41) is 11.5. The van der Waals surface area contributed by atoms with Crippen LogP contribution in [0.4, 0.5) is 0 Å². The van der Waals surface area contributed by atoms with Crippen LogP contribution in [0.25, 0.3) is 5.76 Å². The van der Waals surface area contributed by atoms with E-state index in [0.29, 0.717) is 48.8 Å². The molecular formula is C31H40N2O6. The Morgan fingerprint density at radius 1 is 1.08 bits per heavy atom. The Bertz CT molecular complexity index is 1240. The van der Waals surface area contributed by atoms with E-state index in [1.54, 1.807) is 11.0 Å². The molecule has 2 aromatic rings. The summed E-state index contributed by atoms with van der Waals surface area (Å²) < 4.78 is 17.7. The molecule has 1 N–H and O–H groups in total. The number of Topliss-reactive ketones (excluding diaryl/α,β-unsaturated/α-hetero) is 1. The molecule has 0 bridgehead atoms. The Hall–Kier alpha value is -3.52. The van der Waals surface area contributed by atoms with Crippen LogP contribution in [0.1, 0.15) is 62.8 Å². The number of aliphatic hydroxyl groups excluding tert-OH is 1. The first-order valence-corrected chi connectivity index (χ1v) is 13.9. The SMILES string of the molecule is CCCCOc1ccc(C2/C(=C(/O)c3ccc4c(c3)CC(C)O4)C(=O)C(=O)N2CCCN(C)C)cc1OCC. The molecule has 0 radical (unpaired) electrons. The van der Waals surface area contributed by atoms with Crippen LogP contribution in [0, 0.1) is 0 Å². The van der Waals surface area contributed by atoms with Crippen LogP contribution >= 0.6 is 0 Å². The van der Waals surface area contributed by atoms with Crippen molar-refractivity contribution in [2.45, 2.75) is 58.6 Å². The second-order valence-corrected chi connectivity index (χ2v) is 10.4. The average Bonchev–Trinajstić information content (AvgIpc) is 3.40. The van der Waals surface area contributed by atoms with Crippen molar-refractivity contribution in [3.63, 3.8) is 0 Å². The van der Waals surface area contributed by atoms with Gasteiger partial charge in [-0.1, -0.05) is 19.4 Å². The van der Waals surface area contributed by atoms with Crippen LogP contribution < -0.4 is 14.2 Å². The van der Waals surface area contributed by atoms with Crippen molar-refractivity contribution < 1.29 is 28.9 Å². The van der Waals surface area contributed by atoms with Crippen LogP contribution in [0.3, 0.4) is 0 Å². The lowest BCUT2D eigenvalue weighted by Gasteiger charge is -2.26. The highest BCUT2D eigenvalue weighted by Crippen LogP contribution is 2.43. The highest BCUT2D eigenvalue weighted by Gasteiger charge is 2.46. The summed E-state index contributed by atoms with van der Waals surface area (Å²) in [4.78, 5) is 30.4. The maximum Gasteiger partial charge on any atom is 0.295 e. The highest BCUT2D eigenvalue weighted by atomic mass is 16.5. The molecule has 1 amide bonds. The fourth-order valence-electron chi connectivity index (χ4n) is 5.15. The predicted octanol–water partition coefficient (Wildman–Crippen LogP) is 4.96. The Morgan fingerprint density at radius 3 is 2.59 bits per heavy atom. The molecule has 0 saturated carbocycles. The van der Waals surface area contributed by atoms with E-state index in [-0.39, 0.29) is 17.4 Å². The molecular weight excluding hydrogens is 496 g/mol. The van der Waals surface area contributed by atoms with E-state index in [0.717, 1.165) is 37.1 Å². The summed E-state index contributed by atoms with van der Waals surface area (Å²) in [5.41, 5.74) is 2.23. The molecule has 2 heterocycles. The average molecular weight is 537 g/mol. The lowest BCUT2D eigenvalue weighted by Crippen LogP contribution is -2.32. The molecule has 4 rings (SSSR count). The zero-order valence-corrected chi connectivity index (χ0v) is 23.7. The summed E-state index contributed by atoms with van der Waals surface area (Å²) in [6, 6.07) is 10.1. The summed E-state index contributed by atoms with van der Waals surface area (Å²) in [6.45, 7) is 8.12. The number of hydrogen-bond acceptors (Lipinski definition) is 7. The zero-order valence-electron chi connectivity index (χ0n) is 23.7. The largest absolute Gasteiger partial charge is 0.507 e. The van der Waals surface area contributed by atoms with Gasteiger partial charge in [0.15, 0.2) is 11.5 Å². The lowest BCUT2D eigenvalue weighted by molar-refractivity contribution is -0.139. The standard InChI is InChI=1S/C31H40N2O6/c1-6-8-16-38-25-13-10-21(19-26(25)37-7-2)28-27(30(35)31(36)33(28)15-9-14-32(4)5)29(34)22-11-12-24-23(18-22)17-20(3)39-24/h10-13,18-20,28,34H,6-9,14-17H2,1-5H3/b29-27-. The van der Waals surface area contributed by atoms with Gasteiger partial charge in [0.1, 0.15) is 17.6 Å². The van der Waals surface area contributed by atoms with Crippen LogP contribution in [-0.4, -0.2) is 73.1 Å². The first-order chi connectivity index (χ1) is 18.7. The first-order valence-electron chi connectivity index (χ1n) is 13.9. The van der Waals surface area contributed by atoms with Crippen molar-refractivity contribution in [1.82, 2.24) is 9.80 Å². The summed E-state index contributed by atoms with van der Waals surface area (Å²) in [7, 11) is 3.94. The molecule has 2 aliphatic rings. The van der Waals surface area contributed by atoms with E-state index in [2.05, 4.69) is 6.92 Å². The van der Waals surface area contributed by atoms with Crippen LogP contribution in [0.2, 0.25) is 0 Å². The maximum atomic E-state index is 13.4. The molecule has 2 unspecified atom stereocenters. The van der Waals surface area contributed by atoms with Gasteiger partial charge < -0.3 is 29.1 Å². The highest BCUT2D eigenvalue weighted by molar-refractivity contribution is 6.46. The van der Waals surface area contributed by atoms with Gasteiger partial charge in [0.25, 0.3) is 11.7 Å². The van der Waals surface area contributed by atoms with Crippen molar-refractivity contribution in [2.75, 3.05) is 40.4 Å². The quantitative estimate of drug-likeness (QED) is 0.178. The van der Waals surface area contributed by atoms with Crippen LogP contribution in [0.15, 0.2) is 42.0 Å². The number of ether oxygens (including phenoxy) is 3. The van der Waals surface area contributed by atoms with E-state index in [9.17, 15) is 14.7 Å². The van der Waals surface area contributed by atoms with Gasteiger partial charge in [0.05, 0.1) is 24.8 Å². The second-order valence-electron chi connectivity index (χ2n) is 10.4. The van der Waals surface area contributed by atoms with Crippen molar-refractivity contribution >= 4 is 17.4 Å². The number of rotatable bonds is 12. The van der Waals surface area contributed by atoms with E-state index in [1.165, 1.54) is 0 Å². The van der Waals surface area contributed by atoms with Gasteiger partial charge in [-0.3, -0.25) is 9.59 Å². The number of nitrogens with zero attached hydrogens (tertiary/aromatic N) is 2. The molecule has 0 aliphatic carbocycles. The van der Waals surface area contributed by atoms with Crippen molar-refractivity contribution in [3.05, 3.63) is 58.7 Å². The minimum Gasteiger partial charge on any atom is -0.507 e. The van der Waals surface area contributed by atoms with Crippen LogP contribution in [0.5, 0.6) is 17.2 Å². The Morgan fingerprint density at radius 2 is 1.87 bits per heavy atom. The number of hydrogen-bond donors (Lipinski definition) is 1. The fourth-order valence-corrected chi connectivity index (χ4v) is 5.15. The van der Waals surface area contributed by atoms with Crippen molar-refractivity contribution in [1.29, 1.82) is 0 Å². The van der Waals surface area contributed by atoms with Gasteiger partial charge in [-0.05, 0) is 88.8 Å². The van der Waals surface area contributed by atoms with Gasteiger partial charge in [0, 0.05) is 18.5 Å². The molecule has 0 spiro atoms. The molecule has 2 aromatic carbocycles. The van der Waals surface area contributed by atoms with Gasteiger partial charge in [-0.2, -0.15) is 0 Å². The van der Waals surface area contributed by atoms with Crippen molar-refractivity contribution in [3.8, 4) is 17.2 Å². The minimum absolute atomic E-state index is 0.0507. The van der Waals surface area contributed by atoms with E-state index in [4.69, 9.17) is 14.2 Å². The number of amides is 1. The monoisotopic (exact) mass is 536 g/mol. The molecule has 1 saturated heterocycles. The first kappa shape index (κ1) is 28.5. The molecule has 0 aromatic heterocycles. The summed E-state index contributed by atoms with van der Waals surface area (Å²) in [5.74, 6) is 0.463. The molecule has 210 valence electrons. The Kier molecular flexibility index (Phi) is 9.17. The van der Waals surface area contributed by atoms with Gasteiger partial charge >= 0.3 is 0 Å². The smallest absolute Gasteiger partial charge is 0.295 e. The minimum atomic E-state index is -0.750. The van der Waals surface area contributed by atoms with E-state index in [1.807, 2.05) is 63.2 Å². The van der Waals surface area contributed by atoms with E-state index >= 15 is 0 Å². The Labute approximate surface area is 231 Å². The third kappa shape index (κ3) is 6.22. The number of benzene rings is 2. The number of carbonyl (C=O) groups excluding carboxylic acids is 2. The Balaban J connectivity index is 1.78. The molecule has 2 aliphatic heterocycles. The molecule has 2 atom stereocenters. The number of ketones is 1. The topological polar surface area (TPSA) is 88.5 Å². The maximum absolute atomic E-state index is 13.4. The second kappa shape index (κ2) is 12.6. The molecule has 1 fully saturated rings. The number of unbranched alkanes of at least 4 members (excludes halogenated alkanes) is 1. The molecule has 39 heavy (non-hydrogen) atoms. The van der Waals surface area contributed by atoms with Gasteiger partial charge in [0.2, 0.25) is 0 Å².